The standard InChI is InChI=1S/C25H25F6N5O.H3O4P/c1-34(2)17-5-3-14(4-6-17)23-21-13-35(7-8-36(21)24(33-23)25(29,30)31)22(37)11-16(32)9-15-10-19(27)20(28)12-18(15)26;1-5(2,3)4/h3-6,10,12,16H,7-9,11,13,32H2,1-2H3;(H3,1,2,3,4)/t16-;/m1./s1. The Balaban J connectivity index is 0.000000892. The van der Waals surface area contributed by atoms with Crippen LogP contribution in [0.25, 0.3) is 11.3 Å². The minimum absolute atomic E-state index is 0.00343. The van der Waals surface area contributed by atoms with Crippen molar-refractivity contribution in [3.63, 3.8) is 0 Å². The van der Waals surface area contributed by atoms with Crippen LogP contribution in [0.5, 0.6) is 0 Å². The van der Waals surface area contributed by atoms with E-state index in [9.17, 15) is 31.1 Å². The van der Waals surface area contributed by atoms with E-state index >= 15 is 0 Å². The molecule has 4 rings (SSSR count). The molecule has 2 heterocycles. The molecular formula is C25H28F6N5O5P. The first-order chi connectivity index (χ1) is 19.3. The monoisotopic (exact) mass is 623 g/mol. The number of hydrogen-bond donors (Lipinski definition) is 4. The Labute approximate surface area is 236 Å². The van der Waals surface area contributed by atoms with Crippen molar-refractivity contribution in [2.45, 2.75) is 38.1 Å². The van der Waals surface area contributed by atoms with Crippen LogP contribution >= 0.6 is 7.82 Å². The fourth-order valence-electron chi connectivity index (χ4n) is 4.37. The van der Waals surface area contributed by atoms with E-state index in [0.717, 1.165) is 10.3 Å². The summed E-state index contributed by atoms with van der Waals surface area (Å²) in [6.07, 6.45) is -5.16. The molecule has 0 unspecified atom stereocenters. The molecule has 0 aliphatic carbocycles. The summed E-state index contributed by atoms with van der Waals surface area (Å²) < 4.78 is 91.8. The third kappa shape index (κ3) is 8.55. The summed E-state index contributed by atoms with van der Waals surface area (Å²) in [6.45, 7) is -0.249. The Kier molecular flexibility index (Phi) is 10.1. The first kappa shape index (κ1) is 33.1. The molecule has 1 aliphatic rings. The highest BCUT2D eigenvalue weighted by Gasteiger charge is 2.40. The maximum Gasteiger partial charge on any atom is 0.466 e. The second-order valence-electron chi connectivity index (χ2n) is 9.68. The van der Waals surface area contributed by atoms with Gasteiger partial charge in [0.2, 0.25) is 11.7 Å². The van der Waals surface area contributed by atoms with Crippen molar-refractivity contribution in [2.75, 3.05) is 25.5 Å². The Morgan fingerprint density at radius 2 is 1.62 bits per heavy atom. The van der Waals surface area contributed by atoms with Crippen molar-refractivity contribution in [3.05, 3.63) is 70.9 Å². The van der Waals surface area contributed by atoms with Crippen molar-refractivity contribution in [1.82, 2.24) is 14.5 Å². The third-order valence-electron chi connectivity index (χ3n) is 6.28. The van der Waals surface area contributed by atoms with Crippen LogP contribution in [-0.4, -0.2) is 61.7 Å². The Bertz CT molecular complexity index is 1470. The van der Waals surface area contributed by atoms with Crippen molar-refractivity contribution in [3.8, 4) is 11.3 Å². The summed E-state index contributed by atoms with van der Waals surface area (Å²) in [5.41, 5.74) is 7.52. The number of nitrogens with two attached hydrogens (primary N) is 1. The summed E-state index contributed by atoms with van der Waals surface area (Å²) >= 11 is 0. The molecule has 230 valence electrons. The predicted molar refractivity (Wildman–Crippen MR) is 139 cm³/mol. The molecule has 0 bridgehead atoms. The lowest BCUT2D eigenvalue weighted by Gasteiger charge is -2.30. The smallest absolute Gasteiger partial charge is 0.378 e. The van der Waals surface area contributed by atoms with E-state index in [4.69, 9.17) is 25.0 Å². The van der Waals surface area contributed by atoms with E-state index < -0.39 is 49.2 Å². The Hall–Kier alpha value is -3.43. The van der Waals surface area contributed by atoms with E-state index in [0.29, 0.717) is 17.7 Å². The number of hydrogen-bond acceptors (Lipinski definition) is 5. The molecule has 1 atom stereocenters. The van der Waals surface area contributed by atoms with E-state index in [1.807, 2.05) is 19.0 Å². The maximum absolute atomic E-state index is 14.0. The van der Waals surface area contributed by atoms with E-state index in [1.54, 1.807) is 24.3 Å². The number of aromatic nitrogens is 2. The maximum atomic E-state index is 14.0. The number of fused-ring (bicyclic) bond motifs is 1. The summed E-state index contributed by atoms with van der Waals surface area (Å²) in [6, 6.07) is 7.06. The van der Waals surface area contributed by atoms with Gasteiger partial charge in [0.25, 0.3) is 0 Å². The molecule has 42 heavy (non-hydrogen) atoms. The number of carbonyl (C=O) groups excluding carboxylic acids is 1. The average Bonchev–Trinajstić information content (AvgIpc) is 3.26. The second kappa shape index (κ2) is 12.8. The molecule has 5 N–H and O–H groups in total. The van der Waals surface area contributed by atoms with Gasteiger partial charge in [0.15, 0.2) is 11.6 Å². The molecule has 2 aromatic carbocycles. The van der Waals surface area contributed by atoms with Gasteiger partial charge in [0.05, 0.1) is 17.9 Å². The normalized spacial score (nSPS) is 14.1. The zero-order valence-corrected chi connectivity index (χ0v) is 23.2. The van der Waals surface area contributed by atoms with Gasteiger partial charge < -0.3 is 34.8 Å². The highest BCUT2D eigenvalue weighted by Crippen LogP contribution is 2.36. The lowest BCUT2D eigenvalue weighted by atomic mass is 10.0. The van der Waals surface area contributed by atoms with Gasteiger partial charge >= 0.3 is 14.0 Å². The van der Waals surface area contributed by atoms with Gasteiger partial charge in [-0.15, -0.1) is 0 Å². The molecule has 0 saturated carbocycles. The van der Waals surface area contributed by atoms with Crippen LogP contribution in [0, 0.1) is 17.5 Å². The number of anilines is 1. The molecule has 17 heteroatoms. The number of rotatable bonds is 6. The number of carbonyl (C=O) groups is 1. The number of nitrogens with zero attached hydrogens (tertiary/aromatic N) is 4. The zero-order chi connectivity index (χ0) is 31.6. The topological polar surface area (TPSA) is 145 Å². The molecule has 0 saturated heterocycles. The van der Waals surface area contributed by atoms with Gasteiger partial charge in [-0.25, -0.2) is 22.7 Å². The molecule has 1 amide bonds. The quantitative estimate of drug-likeness (QED) is 0.186. The highest BCUT2D eigenvalue weighted by atomic mass is 31.2. The predicted octanol–water partition coefficient (Wildman–Crippen LogP) is 3.43. The SMILES string of the molecule is CN(C)c1ccc(-c2nc(C(F)(F)F)n3c2CN(C(=O)C[C@H](N)Cc2cc(F)c(F)cc2F)CC3)cc1.O=P(O)(O)O. The largest absolute Gasteiger partial charge is 0.466 e. The highest BCUT2D eigenvalue weighted by molar-refractivity contribution is 7.45. The number of phosphoric acid groups is 1. The Morgan fingerprint density at radius 3 is 2.17 bits per heavy atom. The lowest BCUT2D eigenvalue weighted by molar-refractivity contribution is -0.148. The fraction of sp³-hybridized carbons (Fsp3) is 0.360. The summed E-state index contributed by atoms with van der Waals surface area (Å²) in [5.74, 6) is -5.03. The molecule has 10 nitrogen and oxygen atoms in total. The number of amides is 1. The van der Waals surface area contributed by atoms with Crippen LogP contribution in [-0.2, 0) is 35.0 Å². The zero-order valence-electron chi connectivity index (χ0n) is 22.3. The molecule has 1 aromatic heterocycles. The first-order valence-electron chi connectivity index (χ1n) is 12.2. The van der Waals surface area contributed by atoms with Gasteiger partial charge in [-0.05, 0) is 30.2 Å². The van der Waals surface area contributed by atoms with E-state index in [-0.39, 0.29) is 49.4 Å². The number of imidazole rings is 1. The van der Waals surface area contributed by atoms with Crippen LogP contribution in [0.1, 0.15) is 23.5 Å². The van der Waals surface area contributed by atoms with Gasteiger partial charge in [-0.2, -0.15) is 13.2 Å². The summed E-state index contributed by atoms with van der Waals surface area (Å²) in [5, 5.41) is 0. The van der Waals surface area contributed by atoms with Crippen LogP contribution in [0.3, 0.4) is 0 Å². The van der Waals surface area contributed by atoms with Crippen LogP contribution in [0.15, 0.2) is 36.4 Å². The minimum Gasteiger partial charge on any atom is -0.378 e. The van der Waals surface area contributed by atoms with Crippen LogP contribution < -0.4 is 10.6 Å². The van der Waals surface area contributed by atoms with Gasteiger partial charge in [-0.3, -0.25) is 4.79 Å². The number of benzene rings is 2. The molecule has 3 aromatic rings. The molecule has 0 radical (unpaired) electrons. The minimum atomic E-state index is -4.68. The molecule has 1 aliphatic heterocycles. The second-order valence-corrected chi connectivity index (χ2v) is 10.7. The van der Waals surface area contributed by atoms with Crippen LogP contribution in [0.2, 0.25) is 0 Å². The first-order valence-corrected chi connectivity index (χ1v) is 13.8. The van der Waals surface area contributed by atoms with Crippen molar-refractivity contribution in [1.29, 1.82) is 0 Å². The van der Waals surface area contributed by atoms with Crippen molar-refractivity contribution < 1.29 is 50.4 Å². The lowest BCUT2D eigenvalue weighted by Crippen LogP contribution is -2.42. The van der Waals surface area contributed by atoms with Crippen LogP contribution in [0.4, 0.5) is 32.0 Å². The molecule has 0 spiro atoms. The summed E-state index contributed by atoms with van der Waals surface area (Å²) in [7, 11) is -0.963. The number of halogens is 6. The van der Waals surface area contributed by atoms with Gasteiger partial charge in [0.1, 0.15) is 5.82 Å². The van der Waals surface area contributed by atoms with Gasteiger partial charge in [-0.1, -0.05) is 12.1 Å². The number of alkyl halides is 3. The fourth-order valence-corrected chi connectivity index (χ4v) is 4.37. The van der Waals surface area contributed by atoms with E-state index in [1.165, 1.54) is 4.90 Å². The summed E-state index contributed by atoms with van der Waals surface area (Å²) in [4.78, 5) is 41.6. The molecular weight excluding hydrogens is 595 g/mol. The van der Waals surface area contributed by atoms with Crippen molar-refractivity contribution >= 4 is 19.4 Å². The van der Waals surface area contributed by atoms with E-state index in [2.05, 4.69) is 4.98 Å². The van der Waals surface area contributed by atoms with Crippen molar-refractivity contribution in [2.24, 2.45) is 5.73 Å². The molecule has 0 fully saturated rings. The average molecular weight is 623 g/mol. The third-order valence-corrected chi connectivity index (χ3v) is 6.28. The Morgan fingerprint density at radius 1 is 1.05 bits per heavy atom. The van der Waals surface area contributed by atoms with Gasteiger partial charge in [0, 0.05) is 57.0 Å².